The Kier molecular flexibility index (Phi) is 3.47. The third-order valence-corrected chi connectivity index (χ3v) is 3.42. The quantitative estimate of drug-likeness (QED) is 0.761. The predicted molar refractivity (Wildman–Crippen MR) is 76.3 cm³/mol. The minimum atomic E-state index is 0.357. The van der Waals surface area contributed by atoms with Crippen LogP contribution in [-0.2, 0) is 13.1 Å². The Bertz CT molecular complexity index is 698. The van der Waals surface area contributed by atoms with Gasteiger partial charge in [-0.1, -0.05) is 0 Å². The highest BCUT2D eigenvalue weighted by atomic mass is 15.1. The Morgan fingerprint density at radius 2 is 2.10 bits per heavy atom. The number of nitrogens with one attached hydrogen (secondary N) is 1. The standard InChI is InChI=1S/C14H18N6/c1-11(10-19-5-4-16-12(19)2)17-7-13-8-18-14-9-15-3-6-20(13)14/h3-6,8-9,11,17H,7,10H2,1-2H3. The molecule has 0 radical (unpaired) electrons. The van der Waals surface area contributed by atoms with Gasteiger partial charge in [-0.25, -0.2) is 9.97 Å². The van der Waals surface area contributed by atoms with Gasteiger partial charge in [-0.05, 0) is 13.8 Å². The fourth-order valence-corrected chi connectivity index (χ4v) is 2.26. The molecule has 0 saturated carbocycles. The average molecular weight is 270 g/mol. The van der Waals surface area contributed by atoms with Gasteiger partial charge in [0.1, 0.15) is 5.82 Å². The lowest BCUT2D eigenvalue weighted by atomic mass is 10.3. The van der Waals surface area contributed by atoms with E-state index in [0.29, 0.717) is 6.04 Å². The normalized spacial score (nSPS) is 12.9. The summed E-state index contributed by atoms with van der Waals surface area (Å²) in [4.78, 5) is 12.6. The number of fused-ring (bicyclic) bond motifs is 1. The van der Waals surface area contributed by atoms with E-state index in [4.69, 9.17) is 0 Å². The van der Waals surface area contributed by atoms with Crippen LogP contribution in [0.15, 0.2) is 37.2 Å². The topological polar surface area (TPSA) is 60.0 Å². The van der Waals surface area contributed by atoms with Crippen molar-refractivity contribution in [1.82, 2.24) is 29.2 Å². The van der Waals surface area contributed by atoms with Crippen molar-refractivity contribution >= 4 is 5.65 Å². The van der Waals surface area contributed by atoms with Gasteiger partial charge in [-0.15, -0.1) is 0 Å². The molecule has 0 amide bonds. The second kappa shape index (κ2) is 5.42. The van der Waals surface area contributed by atoms with Crippen LogP contribution in [-0.4, -0.2) is 30.0 Å². The summed E-state index contributed by atoms with van der Waals surface area (Å²) in [7, 11) is 0. The highest BCUT2D eigenvalue weighted by molar-refractivity contribution is 5.36. The molecule has 3 heterocycles. The monoisotopic (exact) mass is 270 g/mol. The minimum Gasteiger partial charge on any atom is -0.334 e. The number of rotatable bonds is 5. The molecule has 3 aromatic rings. The number of hydrogen-bond acceptors (Lipinski definition) is 4. The zero-order valence-corrected chi connectivity index (χ0v) is 11.7. The zero-order chi connectivity index (χ0) is 13.9. The van der Waals surface area contributed by atoms with Crippen LogP contribution in [0.25, 0.3) is 5.65 Å². The first-order valence-electron chi connectivity index (χ1n) is 6.71. The molecular formula is C14H18N6. The summed E-state index contributed by atoms with van der Waals surface area (Å²) in [5, 5.41) is 3.51. The van der Waals surface area contributed by atoms with Crippen LogP contribution >= 0.6 is 0 Å². The van der Waals surface area contributed by atoms with Crippen LogP contribution < -0.4 is 5.32 Å². The molecule has 1 unspecified atom stereocenters. The van der Waals surface area contributed by atoms with E-state index < -0.39 is 0 Å². The molecule has 0 spiro atoms. The smallest absolute Gasteiger partial charge is 0.155 e. The molecule has 0 saturated heterocycles. The first kappa shape index (κ1) is 12.8. The highest BCUT2D eigenvalue weighted by Gasteiger charge is 2.07. The number of aryl methyl sites for hydroxylation is 1. The Morgan fingerprint density at radius 3 is 2.90 bits per heavy atom. The Hall–Kier alpha value is -2.21. The van der Waals surface area contributed by atoms with E-state index in [2.05, 4.69) is 36.2 Å². The second-order valence-corrected chi connectivity index (χ2v) is 4.96. The van der Waals surface area contributed by atoms with Gasteiger partial charge in [0.15, 0.2) is 5.65 Å². The van der Waals surface area contributed by atoms with Crippen molar-refractivity contribution < 1.29 is 0 Å². The molecule has 1 atom stereocenters. The molecule has 0 aliphatic heterocycles. The summed E-state index contributed by atoms with van der Waals surface area (Å²) >= 11 is 0. The highest BCUT2D eigenvalue weighted by Crippen LogP contribution is 2.05. The van der Waals surface area contributed by atoms with E-state index in [0.717, 1.165) is 30.3 Å². The van der Waals surface area contributed by atoms with E-state index in [1.54, 1.807) is 12.4 Å². The van der Waals surface area contributed by atoms with Gasteiger partial charge in [0, 0.05) is 43.9 Å². The van der Waals surface area contributed by atoms with E-state index >= 15 is 0 Å². The van der Waals surface area contributed by atoms with Crippen molar-refractivity contribution in [3.63, 3.8) is 0 Å². The molecule has 3 rings (SSSR count). The van der Waals surface area contributed by atoms with Crippen molar-refractivity contribution in [2.24, 2.45) is 0 Å². The molecular weight excluding hydrogens is 252 g/mol. The van der Waals surface area contributed by atoms with Crippen molar-refractivity contribution in [3.05, 3.63) is 48.7 Å². The lowest BCUT2D eigenvalue weighted by molar-refractivity contribution is 0.467. The van der Waals surface area contributed by atoms with Crippen molar-refractivity contribution in [1.29, 1.82) is 0 Å². The van der Waals surface area contributed by atoms with Crippen molar-refractivity contribution in [3.8, 4) is 0 Å². The van der Waals surface area contributed by atoms with Crippen LogP contribution in [0.5, 0.6) is 0 Å². The molecule has 6 heteroatoms. The minimum absolute atomic E-state index is 0.357. The molecule has 20 heavy (non-hydrogen) atoms. The predicted octanol–water partition coefficient (Wildman–Crippen LogP) is 1.41. The number of hydrogen-bond donors (Lipinski definition) is 1. The largest absolute Gasteiger partial charge is 0.334 e. The lowest BCUT2D eigenvalue weighted by Crippen LogP contribution is -2.30. The van der Waals surface area contributed by atoms with E-state index in [1.165, 1.54) is 0 Å². The van der Waals surface area contributed by atoms with Crippen molar-refractivity contribution in [2.45, 2.75) is 33.0 Å². The van der Waals surface area contributed by atoms with E-state index in [1.807, 2.05) is 31.7 Å². The van der Waals surface area contributed by atoms with Crippen LogP contribution in [0, 0.1) is 6.92 Å². The Morgan fingerprint density at radius 1 is 1.20 bits per heavy atom. The third-order valence-electron chi connectivity index (χ3n) is 3.42. The molecule has 104 valence electrons. The zero-order valence-electron chi connectivity index (χ0n) is 11.7. The fraction of sp³-hybridized carbons (Fsp3) is 0.357. The van der Waals surface area contributed by atoms with E-state index in [9.17, 15) is 0 Å². The first-order valence-corrected chi connectivity index (χ1v) is 6.71. The molecule has 3 aromatic heterocycles. The van der Waals surface area contributed by atoms with E-state index in [-0.39, 0.29) is 0 Å². The maximum absolute atomic E-state index is 4.33. The fourth-order valence-electron chi connectivity index (χ4n) is 2.26. The van der Waals surface area contributed by atoms with Crippen LogP contribution in [0.1, 0.15) is 18.4 Å². The molecule has 0 aliphatic carbocycles. The summed E-state index contributed by atoms with van der Waals surface area (Å²) in [6.07, 6.45) is 11.2. The summed E-state index contributed by atoms with van der Waals surface area (Å²) in [6.45, 7) is 5.87. The number of aromatic nitrogens is 5. The number of nitrogens with zero attached hydrogens (tertiary/aromatic N) is 5. The van der Waals surface area contributed by atoms with Gasteiger partial charge in [-0.3, -0.25) is 9.38 Å². The number of imidazole rings is 2. The summed E-state index contributed by atoms with van der Waals surface area (Å²) < 4.78 is 4.20. The maximum atomic E-state index is 4.33. The van der Waals surface area contributed by atoms with Gasteiger partial charge in [0.05, 0.1) is 18.1 Å². The third kappa shape index (κ3) is 2.55. The van der Waals surface area contributed by atoms with Gasteiger partial charge < -0.3 is 9.88 Å². The summed E-state index contributed by atoms with van der Waals surface area (Å²) in [5.41, 5.74) is 2.01. The van der Waals surface area contributed by atoms with Gasteiger partial charge >= 0.3 is 0 Å². The molecule has 6 nitrogen and oxygen atoms in total. The molecule has 0 fully saturated rings. The average Bonchev–Trinajstić information content (AvgIpc) is 3.04. The maximum Gasteiger partial charge on any atom is 0.155 e. The van der Waals surface area contributed by atoms with Gasteiger partial charge in [0.2, 0.25) is 0 Å². The Balaban J connectivity index is 1.63. The summed E-state index contributed by atoms with van der Waals surface area (Å²) in [6, 6.07) is 0.357. The molecule has 0 aromatic carbocycles. The SMILES string of the molecule is Cc1nccn1CC(C)NCc1cnc2cnccn12. The first-order chi connectivity index (χ1) is 9.74. The van der Waals surface area contributed by atoms with Crippen LogP contribution in [0.4, 0.5) is 0 Å². The second-order valence-electron chi connectivity index (χ2n) is 4.96. The van der Waals surface area contributed by atoms with Crippen LogP contribution in [0.2, 0.25) is 0 Å². The van der Waals surface area contributed by atoms with Gasteiger partial charge in [0.25, 0.3) is 0 Å². The lowest BCUT2D eigenvalue weighted by Gasteiger charge is -2.15. The summed E-state index contributed by atoms with van der Waals surface area (Å²) in [5.74, 6) is 1.04. The Labute approximate surface area is 117 Å². The van der Waals surface area contributed by atoms with Crippen LogP contribution in [0.3, 0.4) is 0 Å². The van der Waals surface area contributed by atoms with Gasteiger partial charge in [-0.2, -0.15) is 0 Å². The molecule has 0 bridgehead atoms. The molecule has 0 aliphatic rings. The van der Waals surface area contributed by atoms with Crippen molar-refractivity contribution in [2.75, 3.05) is 0 Å². The molecule has 1 N–H and O–H groups in total.